The maximum atomic E-state index is 15.0. The van der Waals surface area contributed by atoms with Gasteiger partial charge in [-0.2, -0.15) is 9.97 Å². The Bertz CT molecular complexity index is 1630. The molecule has 1 saturated carbocycles. The van der Waals surface area contributed by atoms with Crippen LogP contribution in [0.1, 0.15) is 62.6 Å². The number of halogens is 2. The fourth-order valence-corrected chi connectivity index (χ4v) is 10.7. The van der Waals surface area contributed by atoms with Gasteiger partial charge in [0.25, 0.3) is 0 Å². The van der Waals surface area contributed by atoms with Crippen molar-refractivity contribution in [2.24, 2.45) is 5.92 Å². The van der Waals surface area contributed by atoms with E-state index in [0.717, 1.165) is 60.4 Å². The molecule has 0 amide bonds. The fourth-order valence-electron chi connectivity index (χ4n) is 9.90. The zero-order chi connectivity index (χ0) is 30.3. The smallest absolute Gasteiger partial charge is 0.318 e. The molecule has 0 spiro atoms. The highest BCUT2D eigenvalue weighted by Gasteiger charge is 2.57. The van der Waals surface area contributed by atoms with Crippen LogP contribution in [0.15, 0.2) is 30.3 Å². The third-order valence-electron chi connectivity index (χ3n) is 11.8. The van der Waals surface area contributed by atoms with E-state index in [4.69, 9.17) is 14.7 Å². The van der Waals surface area contributed by atoms with Crippen LogP contribution in [0.5, 0.6) is 11.8 Å². The molecule has 6 heterocycles. The van der Waals surface area contributed by atoms with Gasteiger partial charge in [0.15, 0.2) is 0 Å². The predicted octanol–water partition coefficient (Wildman–Crippen LogP) is 5.57. The van der Waals surface area contributed by atoms with Gasteiger partial charge in [-0.25, -0.2) is 4.39 Å². The number of alkyl halides is 1. The molecule has 6 atom stereocenters. The molecule has 2 unspecified atom stereocenters. The summed E-state index contributed by atoms with van der Waals surface area (Å²) in [6, 6.07) is 11.9. The van der Waals surface area contributed by atoms with Gasteiger partial charge in [-0.15, -0.1) is 0 Å². The molecule has 9 rings (SSSR count). The first-order chi connectivity index (χ1) is 21.9. The summed E-state index contributed by atoms with van der Waals surface area (Å²) in [5.74, 6) is 1.95. The molecule has 1 aromatic heterocycles. The van der Waals surface area contributed by atoms with E-state index in [1.54, 1.807) is 0 Å². The summed E-state index contributed by atoms with van der Waals surface area (Å²) >= 11 is 2.40. The minimum atomic E-state index is -0.790. The van der Waals surface area contributed by atoms with Crippen molar-refractivity contribution in [1.82, 2.24) is 20.2 Å². The summed E-state index contributed by atoms with van der Waals surface area (Å²) in [5, 5.41) is 16.6. The van der Waals surface area contributed by atoms with Crippen LogP contribution in [0.4, 0.5) is 15.9 Å². The second kappa shape index (κ2) is 11.1. The number of anilines is 2. The summed E-state index contributed by atoms with van der Waals surface area (Å²) < 4.78 is 22.8. The zero-order valence-corrected chi connectivity index (χ0v) is 27.9. The first-order valence-electron chi connectivity index (χ1n) is 17.0. The van der Waals surface area contributed by atoms with Crippen LogP contribution in [0.3, 0.4) is 0 Å². The molecule has 2 N–H and O–H groups in total. The minimum Gasteiger partial charge on any atom is -0.508 e. The SMILES string of the molecule is Oc1cc(N2CCc3c(nc(OC[C@@]45C[C@H](F)CN4[C@@H]4CCCC[C@@H]4C5)nc3N3CC4CCC(C3)N4)C2)c2c(I)cccc2c1. The lowest BCUT2D eigenvalue weighted by Crippen LogP contribution is -2.52. The molecule has 2 aromatic carbocycles. The number of aromatic hydroxyl groups is 1. The number of aromatic nitrogens is 2. The van der Waals surface area contributed by atoms with Crippen LogP contribution in [0, 0.1) is 9.49 Å². The van der Waals surface area contributed by atoms with E-state index in [1.165, 1.54) is 47.7 Å². The summed E-state index contributed by atoms with van der Waals surface area (Å²) in [6.07, 6.45) is 9.00. The Hall–Kier alpha value is -2.44. The van der Waals surface area contributed by atoms with Crippen molar-refractivity contribution >= 4 is 44.9 Å². The lowest BCUT2D eigenvalue weighted by molar-refractivity contribution is 0.0772. The van der Waals surface area contributed by atoms with Gasteiger partial charge >= 0.3 is 6.01 Å². The maximum Gasteiger partial charge on any atom is 0.318 e. The molecule has 3 aromatic rings. The number of hydrogen-bond donors (Lipinski definition) is 2. The van der Waals surface area contributed by atoms with Crippen LogP contribution in [-0.4, -0.2) is 82.6 Å². The topological polar surface area (TPSA) is 77.0 Å². The highest BCUT2D eigenvalue weighted by Crippen LogP contribution is 2.51. The first-order valence-corrected chi connectivity index (χ1v) is 18.1. The summed E-state index contributed by atoms with van der Waals surface area (Å²) in [5.41, 5.74) is 3.00. The highest BCUT2D eigenvalue weighted by molar-refractivity contribution is 14.1. The van der Waals surface area contributed by atoms with Crippen LogP contribution in [0.25, 0.3) is 10.8 Å². The first kappa shape index (κ1) is 28.8. The van der Waals surface area contributed by atoms with Gasteiger partial charge in [0.2, 0.25) is 0 Å². The molecule has 8 nitrogen and oxygen atoms in total. The molecule has 10 heteroatoms. The molecular weight excluding hydrogens is 682 g/mol. The average Bonchev–Trinajstić information content (AvgIpc) is 3.65. The van der Waals surface area contributed by atoms with E-state index in [2.05, 4.69) is 54.7 Å². The van der Waals surface area contributed by atoms with Gasteiger partial charge in [0, 0.05) is 77.0 Å². The van der Waals surface area contributed by atoms with Gasteiger partial charge in [-0.3, -0.25) is 4.90 Å². The summed E-state index contributed by atoms with van der Waals surface area (Å²) in [7, 11) is 0. The van der Waals surface area contributed by atoms with Crippen LogP contribution < -0.4 is 19.9 Å². The van der Waals surface area contributed by atoms with Crippen molar-refractivity contribution in [2.45, 2.75) is 94.2 Å². The van der Waals surface area contributed by atoms with E-state index in [-0.39, 0.29) is 11.3 Å². The number of benzene rings is 2. The van der Waals surface area contributed by atoms with Gasteiger partial charge in [0.1, 0.15) is 24.3 Å². The molecule has 1 aliphatic carbocycles. The monoisotopic (exact) mass is 724 g/mol. The molecule has 6 aliphatic rings. The van der Waals surface area contributed by atoms with E-state index in [0.29, 0.717) is 56.2 Å². The molecule has 0 radical (unpaired) electrons. The summed E-state index contributed by atoms with van der Waals surface area (Å²) in [6.45, 7) is 4.33. The second-order valence-corrected chi connectivity index (χ2v) is 15.7. The summed E-state index contributed by atoms with van der Waals surface area (Å²) in [4.78, 5) is 17.6. The van der Waals surface area contributed by atoms with Crippen molar-refractivity contribution in [1.29, 1.82) is 0 Å². The second-order valence-electron chi connectivity index (χ2n) is 14.6. The normalized spacial score (nSPS) is 32.5. The zero-order valence-electron chi connectivity index (χ0n) is 25.7. The molecule has 5 fully saturated rings. The maximum absolute atomic E-state index is 15.0. The van der Waals surface area contributed by atoms with Crippen molar-refractivity contribution in [3.8, 4) is 11.8 Å². The van der Waals surface area contributed by atoms with Crippen LogP contribution in [0.2, 0.25) is 0 Å². The van der Waals surface area contributed by atoms with E-state index in [9.17, 15) is 9.50 Å². The largest absolute Gasteiger partial charge is 0.508 e. The van der Waals surface area contributed by atoms with Gasteiger partial charge in [0.05, 0.1) is 17.8 Å². The van der Waals surface area contributed by atoms with Crippen LogP contribution in [-0.2, 0) is 13.0 Å². The van der Waals surface area contributed by atoms with Crippen molar-refractivity contribution in [3.05, 3.63) is 45.2 Å². The lowest BCUT2D eigenvalue weighted by Gasteiger charge is -2.38. The average molecular weight is 725 g/mol. The third kappa shape index (κ3) is 4.96. The van der Waals surface area contributed by atoms with E-state index < -0.39 is 6.17 Å². The molecule has 4 saturated heterocycles. The molecular formula is C35H42FIN6O2. The lowest BCUT2D eigenvalue weighted by atomic mass is 9.81. The Morgan fingerprint density at radius 1 is 1.02 bits per heavy atom. The quantitative estimate of drug-likeness (QED) is 0.332. The van der Waals surface area contributed by atoms with Crippen LogP contribution >= 0.6 is 22.6 Å². The molecule has 2 bridgehead atoms. The molecule has 238 valence electrons. The number of fused-ring (bicyclic) bond motifs is 7. The number of nitrogens with one attached hydrogen (secondary N) is 1. The number of ether oxygens (including phenoxy) is 1. The highest BCUT2D eigenvalue weighted by atomic mass is 127. The Morgan fingerprint density at radius 3 is 2.73 bits per heavy atom. The number of phenols is 1. The fraction of sp³-hybridized carbons (Fsp3) is 0.600. The Kier molecular flexibility index (Phi) is 7.08. The number of rotatable bonds is 5. The predicted molar refractivity (Wildman–Crippen MR) is 182 cm³/mol. The molecule has 5 aliphatic heterocycles. The number of nitrogens with zero attached hydrogens (tertiary/aromatic N) is 5. The number of hydrogen-bond acceptors (Lipinski definition) is 8. The minimum absolute atomic E-state index is 0.254. The van der Waals surface area contributed by atoms with Crippen molar-refractivity contribution in [3.63, 3.8) is 0 Å². The van der Waals surface area contributed by atoms with Crippen molar-refractivity contribution < 1.29 is 14.2 Å². The number of piperazine rings is 1. The van der Waals surface area contributed by atoms with E-state index >= 15 is 0 Å². The van der Waals surface area contributed by atoms with Gasteiger partial charge < -0.3 is 25.0 Å². The van der Waals surface area contributed by atoms with Crippen molar-refractivity contribution in [2.75, 3.05) is 42.6 Å². The van der Waals surface area contributed by atoms with E-state index in [1.807, 2.05) is 18.2 Å². The Morgan fingerprint density at radius 2 is 1.87 bits per heavy atom. The molecule has 45 heavy (non-hydrogen) atoms. The number of phenolic OH excluding ortho intramolecular Hbond substituents is 1. The third-order valence-corrected chi connectivity index (χ3v) is 12.7. The van der Waals surface area contributed by atoms with Gasteiger partial charge in [-0.05, 0) is 84.6 Å². The standard InChI is InChI=1S/C35H42FIN6O2/c36-23-15-35(14-22-4-1-2-7-30(22)43(35)16-23)20-45-34-39-29-19-41(31-13-26(44)12-21-5-3-6-28(37)32(21)31)11-10-27(29)33(40-34)42-17-24-8-9-25(18-42)38-24/h3,5-6,12-13,22-25,30,38,44H,1-2,4,7-11,14-20H2/t22-,23+,24?,25?,30-,35-/m1/s1. The Labute approximate surface area is 277 Å². The van der Waals surface area contributed by atoms with Gasteiger partial charge in [-0.1, -0.05) is 25.0 Å². The Balaban J connectivity index is 1.06.